The quantitative estimate of drug-likeness (QED) is 0.582. The zero-order chi connectivity index (χ0) is 20.6. The van der Waals surface area contributed by atoms with E-state index in [-0.39, 0.29) is 0 Å². The molecule has 0 saturated carbocycles. The Kier molecular flexibility index (Phi) is 6.58. The average molecular weight is 403 g/mol. The number of hydrogen-bond donors (Lipinski definition) is 1. The minimum atomic E-state index is 0.639. The van der Waals surface area contributed by atoms with Gasteiger partial charge in [-0.2, -0.15) is 10.4 Å². The van der Waals surface area contributed by atoms with E-state index in [1.54, 1.807) is 6.20 Å². The molecule has 1 saturated heterocycles. The van der Waals surface area contributed by atoms with Crippen LogP contribution in [0.1, 0.15) is 18.4 Å². The van der Waals surface area contributed by atoms with Gasteiger partial charge in [0.25, 0.3) is 0 Å². The Labute approximate surface area is 176 Å². The normalized spacial score (nSPS) is 14.4. The summed E-state index contributed by atoms with van der Waals surface area (Å²) in [4.78, 5) is 9.31. The van der Waals surface area contributed by atoms with E-state index in [2.05, 4.69) is 31.1 Å². The summed E-state index contributed by atoms with van der Waals surface area (Å²) in [5.74, 6) is 0.639. The highest BCUT2D eigenvalue weighted by atomic mass is 16.5. The summed E-state index contributed by atoms with van der Waals surface area (Å²) in [5, 5.41) is 16.3. The first-order valence-electron chi connectivity index (χ1n) is 10.4. The zero-order valence-electron chi connectivity index (χ0n) is 17.0. The first kappa shape index (κ1) is 19.9. The fourth-order valence-electron chi connectivity index (χ4n) is 3.71. The number of pyridine rings is 1. The molecule has 30 heavy (non-hydrogen) atoms. The molecule has 1 aliphatic heterocycles. The molecular weight excluding hydrogens is 376 g/mol. The molecule has 3 heterocycles. The van der Waals surface area contributed by atoms with Crippen LogP contribution in [-0.4, -0.2) is 59.4 Å². The molecule has 1 N–H and O–H groups in total. The van der Waals surface area contributed by atoms with Crippen LogP contribution in [0.4, 0.5) is 5.69 Å². The molecule has 7 nitrogen and oxygen atoms in total. The van der Waals surface area contributed by atoms with E-state index in [0.717, 1.165) is 68.2 Å². The van der Waals surface area contributed by atoms with Gasteiger partial charge in [-0.3, -0.25) is 10.00 Å². The maximum Gasteiger partial charge on any atom is 0.213 e. The summed E-state index contributed by atoms with van der Waals surface area (Å²) < 4.78 is 5.83. The zero-order valence-corrected chi connectivity index (χ0v) is 17.0. The molecule has 0 atom stereocenters. The van der Waals surface area contributed by atoms with Crippen molar-refractivity contribution in [2.24, 2.45) is 0 Å². The van der Waals surface area contributed by atoms with Gasteiger partial charge in [-0.05, 0) is 43.7 Å². The number of ether oxygens (including phenoxy) is 1. The molecule has 0 amide bonds. The summed E-state index contributed by atoms with van der Waals surface area (Å²) in [6.45, 7) is 5.68. The molecule has 0 aliphatic carbocycles. The maximum atomic E-state index is 9.31. The number of para-hydroxylation sites is 1. The Bertz CT molecular complexity index is 973. The smallest absolute Gasteiger partial charge is 0.213 e. The summed E-state index contributed by atoms with van der Waals surface area (Å²) in [6.07, 6.45) is 3.87. The number of H-pyrrole nitrogens is 1. The third-order valence-corrected chi connectivity index (χ3v) is 5.34. The van der Waals surface area contributed by atoms with Crippen LogP contribution in [0.3, 0.4) is 0 Å². The van der Waals surface area contributed by atoms with Crippen molar-refractivity contribution in [2.45, 2.75) is 12.8 Å². The van der Waals surface area contributed by atoms with E-state index < -0.39 is 0 Å². The molecule has 0 bridgehead atoms. The van der Waals surface area contributed by atoms with Crippen LogP contribution in [0.25, 0.3) is 11.4 Å². The van der Waals surface area contributed by atoms with Gasteiger partial charge in [-0.25, -0.2) is 4.98 Å². The summed E-state index contributed by atoms with van der Waals surface area (Å²) in [7, 11) is 0. The van der Waals surface area contributed by atoms with Crippen LogP contribution >= 0.6 is 0 Å². The first-order chi connectivity index (χ1) is 14.8. The topological polar surface area (TPSA) is 81.1 Å². The van der Waals surface area contributed by atoms with Gasteiger partial charge in [0.15, 0.2) is 0 Å². The SMILES string of the molecule is N#Cc1ccccc1N1CCN(CCCCOc2cccc(-c3cc[nH]n3)n2)CC1. The third-order valence-electron chi connectivity index (χ3n) is 5.34. The van der Waals surface area contributed by atoms with Crippen molar-refractivity contribution in [1.82, 2.24) is 20.1 Å². The Morgan fingerprint density at radius 2 is 1.83 bits per heavy atom. The van der Waals surface area contributed by atoms with Crippen molar-refractivity contribution < 1.29 is 4.74 Å². The number of piperazine rings is 1. The molecular formula is C23H26N6O. The molecule has 3 aromatic rings. The van der Waals surface area contributed by atoms with E-state index in [1.165, 1.54) is 0 Å². The standard InChI is InChI=1S/C23H26N6O/c24-18-19-6-1-2-8-22(19)29-15-13-28(14-16-29)12-3-4-17-30-23-9-5-7-20(26-23)21-10-11-25-27-21/h1-2,5-11H,3-4,12-17H2,(H,25,27). The van der Waals surface area contributed by atoms with Crippen molar-refractivity contribution in [2.75, 3.05) is 44.2 Å². The highest BCUT2D eigenvalue weighted by Crippen LogP contribution is 2.21. The van der Waals surface area contributed by atoms with E-state index in [0.29, 0.717) is 12.5 Å². The lowest BCUT2D eigenvalue weighted by Gasteiger charge is -2.36. The third kappa shape index (κ3) is 4.97. The molecule has 1 aliphatic rings. The lowest BCUT2D eigenvalue weighted by molar-refractivity contribution is 0.236. The molecule has 7 heteroatoms. The molecule has 2 aromatic heterocycles. The molecule has 0 spiro atoms. The number of rotatable bonds is 8. The Hall–Kier alpha value is -3.37. The van der Waals surface area contributed by atoms with Crippen LogP contribution in [-0.2, 0) is 0 Å². The number of aromatic nitrogens is 3. The van der Waals surface area contributed by atoms with Crippen LogP contribution in [0.2, 0.25) is 0 Å². The number of unbranched alkanes of at least 4 members (excludes halogenated alkanes) is 1. The van der Waals surface area contributed by atoms with Crippen molar-refractivity contribution in [3.05, 3.63) is 60.3 Å². The van der Waals surface area contributed by atoms with E-state index in [4.69, 9.17) is 4.74 Å². The Morgan fingerprint density at radius 1 is 0.967 bits per heavy atom. The van der Waals surface area contributed by atoms with Gasteiger partial charge in [0.05, 0.1) is 23.6 Å². The van der Waals surface area contributed by atoms with E-state index in [9.17, 15) is 5.26 Å². The van der Waals surface area contributed by atoms with Crippen molar-refractivity contribution in [3.8, 4) is 23.3 Å². The van der Waals surface area contributed by atoms with Crippen LogP contribution in [0.5, 0.6) is 5.88 Å². The number of benzene rings is 1. The lowest BCUT2D eigenvalue weighted by atomic mass is 10.1. The van der Waals surface area contributed by atoms with Crippen LogP contribution in [0, 0.1) is 11.3 Å². The number of nitriles is 1. The average Bonchev–Trinajstić information content (AvgIpc) is 3.35. The largest absolute Gasteiger partial charge is 0.478 e. The fraction of sp³-hybridized carbons (Fsp3) is 0.348. The van der Waals surface area contributed by atoms with Gasteiger partial charge in [-0.1, -0.05) is 18.2 Å². The lowest BCUT2D eigenvalue weighted by Crippen LogP contribution is -2.46. The van der Waals surface area contributed by atoms with Gasteiger partial charge >= 0.3 is 0 Å². The highest BCUT2D eigenvalue weighted by Gasteiger charge is 2.18. The Balaban J connectivity index is 1.16. The molecule has 0 unspecified atom stereocenters. The summed E-state index contributed by atoms with van der Waals surface area (Å²) >= 11 is 0. The van der Waals surface area contributed by atoms with Gasteiger partial charge < -0.3 is 9.64 Å². The second kappa shape index (κ2) is 9.90. The van der Waals surface area contributed by atoms with Gasteiger partial charge in [0.1, 0.15) is 11.8 Å². The number of aromatic amines is 1. The number of nitrogens with zero attached hydrogens (tertiary/aromatic N) is 5. The second-order valence-electron chi connectivity index (χ2n) is 7.33. The second-order valence-corrected chi connectivity index (χ2v) is 7.33. The Morgan fingerprint density at radius 3 is 2.63 bits per heavy atom. The molecule has 4 rings (SSSR count). The number of hydrogen-bond acceptors (Lipinski definition) is 6. The van der Waals surface area contributed by atoms with Gasteiger partial charge in [0.2, 0.25) is 5.88 Å². The predicted molar refractivity (Wildman–Crippen MR) is 116 cm³/mol. The molecule has 1 aromatic carbocycles. The minimum Gasteiger partial charge on any atom is -0.478 e. The fourth-order valence-corrected chi connectivity index (χ4v) is 3.71. The minimum absolute atomic E-state index is 0.639. The van der Waals surface area contributed by atoms with Gasteiger partial charge in [-0.15, -0.1) is 0 Å². The molecule has 0 radical (unpaired) electrons. The van der Waals surface area contributed by atoms with Crippen molar-refractivity contribution in [3.63, 3.8) is 0 Å². The van der Waals surface area contributed by atoms with Crippen molar-refractivity contribution >= 4 is 5.69 Å². The van der Waals surface area contributed by atoms with Crippen molar-refractivity contribution in [1.29, 1.82) is 5.26 Å². The number of anilines is 1. The maximum absolute atomic E-state index is 9.31. The van der Waals surface area contributed by atoms with Crippen LogP contribution in [0.15, 0.2) is 54.7 Å². The van der Waals surface area contributed by atoms with E-state index in [1.807, 2.05) is 48.5 Å². The molecule has 1 fully saturated rings. The van der Waals surface area contributed by atoms with E-state index >= 15 is 0 Å². The first-order valence-corrected chi connectivity index (χ1v) is 10.4. The van der Waals surface area contributed by atoms with Crippen LogP contribution < -0.4 is 9.64 Å². The molecule has 154 valence electrons. The highest BCUT2D eigenvalue weighted by molar-refractivity contribution is 5.59. The number of nitrogens with one attached hydrogen (secondary N) is 1. The van der Waals surface area contributed by atoms with Gasteiger partial charge in [0, 0.05) is 38.4 Å². The summed E-state index contributed by atoms with van der Waals surface area (Å²) in [5.41, 5.74) is 3.44. The summed E-state index contributed by atoms with van der Waals surface area (Å²) in [6, 6.07) is 17.8. The monoisotopic (exact) mass is 402 g/mol. The predicted octanol–water partition coefficient (Wildman–Crippen LogP) is 3.32.